The maximum atomic E-state index is 13.7. The molecule has 1 aromatic heterocycles. The zero-order valence-electron chi connectivity index (χ0n) is 16.3. The molecule has 2 N–H and O–H groups in total. The van der Waals surface area contributed by atoms with E-state index in [-0.39, 0.29) is 22.2 Å². The lowest BCUT2D eigenvalue weighted by Gasteiger charge is -2.31. The molecule has 1 aromatic carbocycles. The van der Waals surface area contributed by atoms with E-state index in [1.54, 1.807) is 44.5 Å². The minimum Gasteiger partial charge on any atom is -0.315 e. The van der Waals surface area contributed by atoms with Crippen LogP contribution in [-0.2, 0) is 9.84 Å². The lowest BCUT2D eigenvalue weighted by atomic mass is 10.1. The van der Waals surface area contributed by atoms with Crippen LogP contribution in [0.4, 0.5) is 4.39 Å². The van der Waals surface area contributed by atoms with Crippen molar-refractivity contribution in [2.24, 2.45) is 4.99 Å². The summed E-state index contributed by atoms with van der Waals surface area (Å²) in [7, 11) is -0.698. The monoisotopic (exact) mass is 415 g/mol. The minimum atomic E-state index is -4.01. The van der Waals surface area contributed by atoms with Crippen molar-refractivity contribution < 1.29 is 12.8 Å². The number of sulfone groups is 1. The van der Waals surface area contributed by atoms with Crippen LogP contribution in [0.1, 0.15) is 12.5 Å². The summed E-state index contributed by atoms with van der Waals surface area (Å²) in [6, 6.07) is 8.62. The average Bonchev–Trinajstić information content (AvgIpc) is 2.72. The van der Waals surface area contributed by atoms with E-state index < -0.39 is 15.7 Å². The highest BCUT2D eigenvalue weighted by atomic mass is 32.2. The zero-order chi connectivity index (χ0) is 21.0. The number of hydrogen-bond acceptors (Lipinski definition) is 7. The molecule has 0 radical (unpaired) electrons. The van der Waals surface area contributed by atoms with Gasteiger partial charge in [-0.05, 0) is 50.4 Å². The second-order valence-corrected chi connectivity index (χ2v) is 8.29. The van der Waals surface area contributed by atoms with Crippen LogP contribution in [0, 0.1) is 5.82 Å². The lowest BCUT2D eigenvalue weighted by molar-refractivity contribution is 0.386. The fourth-order valence-electron chi connectivity index (χ4n) is 3.00. The maximum absolute atomic E-state index is 13.7. The van der Waals surface area contributed by atoms with Crippen LogP contribution in [0.25, 0.3) is 5.70 Å². The highest BCUT2D eigenvalue weighted by Crippen LogP contribution is 2.31. The number of aromatic nitrogens is 1. The molecule has 1 aliphatic heterocycles. The van der Waals surface area contributed by atoms with Gasteiger partial charge in [0.15, 0.2) is 5.82 Å². The summed E-state index contributed by atoms with van der Waals surface area (Å²) in [6.45, 7) is 1.80. The Morgan fingerprint density at radius 1 is 1.21 bits per heavy atom. The number of allylic oxidation sites excluding steroid dienone is 1. The molecule has 0 saturated carbocycles. The standard InChI is InChI=1S/C20H22FN5O2S/c1-14-10-18(15-6-5-9-24-12-15)26(23-3)20(25-14)19(13-22-2)29(27,28)17-8-4-7-16(21)11-17/h4-12,22-23H,13H2,1-3H3/b20-19+. The van der Waals surface area contributed by atoms with E-state index in [1.165, 1.54) is 18.2 Å². The Labute approximate surface area is 169 Å². The first-order chi connectivity index (χ1) is 13.9. The first-order valence-electron chi connectivity index (χ1n) is 8.91. The van der Waals surface area contributed by atoms with Crippen LogP contribution in [0.2, 0.25) is 0 Å². The molecule has 9 heteroatoms. The molecule has 0 bridgehead atoms. The normalized spacial score (nSPS) is 16.3. The van der Waals surface area contributed by atoms with Gasteiger partial charge in [0.1, 0.15) is 10.7 Å². The molecule has 0 aliphatic carbocycles. The number of hydrazine groups is 1. The number of hydrogen-bond donors (Lipinski definition) is 2. The van der Waals surface area contributed by atoms with E-state index in [0.29, 0.717) is 11.4 Å². The third-order valence-corrected chi connectivity index (χ3v) is 6.13. The highest BCUT2D eigenvalue weighted by molar-refractivity contribution is 7.95. The number of rotatable bonds is 6. The molecule has 29 heavy (non-hydrogen) atoms. The summed E-state index contributed by atoms with van der Waals surface area (Å²) >= 11 is 0. The number of benzene rings is 1. The summed E-state index contributed by atoms with van der Waals surface area (Å²) in [5.41, 5.74) is 5.13. The van der Waals surface area contributed by atoms with Crippen LogP contribution >= 0.6 is 0 Å². The van der Waals surface area contributed by atoms with Crippen molar-refractivity contribution in [3.05, 3.63) is 77.0 Å². The Hall–Kier alpha value is -2.88. The van der Waals surface area contributed by atoms with Gasteiger partial charge in [0.2, 0.25) is 9.84 Å². The van der Waals surface area contributed by atoms with E-state index in [0.717, 1.165) is 11.6 Å². The Bertz CT molecular complexity index is 1090. The molecule has 3 rings (SSSR count). The molecule has 0 fully saturated rings. The van der Waals surface area contributed by atoms with E-state index in [1.807, 2.05) is 12.1 Å². The Kier molecular flexibility index (Phi) is 6.21. The van der Waals surface area contributed by atoms with Crippen LogP contribution < -0.4 is 10.7 Å². The second kappa shape index (κ2) is 8.64. The summed E-state index contributed by atoms with van der Waals surface area (Å²) < 4.78 is 40.4. The maximum Gasteiger partial charge on any atom is 0.207 e. The summed E-state index contributed by atoms with van der Waals surface area (Å²) in [6.07, 6.45) is 5.18. The van der Waals surface area contributed by atoms with Crippen LogP contribution in [0.5, 0.6) is 0 Å². The lowest BCUT2D eigenvalue weighted by Crippen LogP contribution is -2.37. The molecule has 0 atom stereocenters. The first kappa shape index (κ1) is 20.8. The Morgan fingerprint density at radius 2 is 2.00 bits per heavy atom. The van der Waals surface area contributed by atoms with Crippen LogP contribution in [0.15, 0.2) is 75.5 Å². The fourth-order valence-corrected chi connectivity index (χ4v) is 4.52. The average molecular weight is 415 g/mol. The summed E-state index contributed by atoms with van der Waals surface area (Å²) in [5.74, 6) is -0.408. The molecule has 1 aliphatic rings. The molecular weight excluding hydrogens is 393 g/mol. The molecule has 152 valence electrons. The minimum absolute atomic E-state index is 0.0173. The quantitative estimate of drug-likeness (QED) is 0.753. The molecule has 0 spiro atoms. The van der Waals surface area contributed by atoms with Gasteiger partial charge in [-0.3, -0.25) is 9.99 Å². The van der Waals surface area contributed by atoms with Crippen molar-refractivity contribution in [3.8, 4) is 0 Å². The SMILES string of the molecule is CNC/C(=C1/N=C(C)C=C(c2cccnc2)N1NC)S(=O)(=O)c1cccc(F)c1. The summed E-state index contributed by atoms with van der Waals surface area (Å²) in [4.78, 5) is 8.53. The number of nitrogens with one attached hydrogen (secondary N) is 2. The van der Waals surface area contributed by atoms with Crippen molar-refractivity contribution in [3.63, 3.8) is 0 Å². The van der Waals surface area contributed by atoms with Gasteiger partial charge in [0.05, 0.1) is 10.6 Å². The number of likely N-dealkylation sites (N-methyl/N-ethyl adjacent to an activating group) is 1. The van der Waals surface area contributed by atoms with Gasteiger partial charge in [0, 0.05) is 37.3 Å². The van der Waals surface area contributed by atoms with Gasteiger partial charge in [0.25, 0.3) is 0 Å². The van der Waals surface area contributed by atoms with E-state index >= 15 is 0 Å². The smallest absolute Gasteiger partial charge is 0.207 e. The molecule has 7 nitrogen and oxygen atoms in total. The molecule has 0 saturated heterocycles. The van der Waals surface area contributed by atoms with Gasteiger partial charge in [-0.25, -0.2) is 23.2 Å². The van der Waals surface area contributed by atoms with Crippen LogP contribution in [-0.4, -0.2) is 44.8 Å². The second-order valence-electron chi connectivity index (χ2n) is 6.32. The van der Waals surface area contributed by atoms with Gasteiger partial charge in [-0.2, -0.15) is 0 Å². The number of nitrogens with zero attached hydrogens (tertiary/aromatic N) is 3. The van der Waals surface area contributed by atoms with Crippen molar-refractivity contribution in [2.75, 3.05) is 20.6 Å². The van der Waals surface area contributed by atoms with Crippen molar-refractivity contribution >= 4 is 21.2 Å². The topological polar surface area (TPSA) is 86.7 Å². The molecule has 2 heterocycles. The highest BCUT2D eigenvalue weighted by Gasteiger charge is 2.30. The third kappa shape index (κ3) is 4.26. The van der Waals surface area contributed by atoms with E-state index in [9.17, 15) is 12.8 Å². The Balaban J connectivity index is 2.22. The third-order valence-electron chi connectivity index (χ3n) is 4.28. The molecule has 2 aromatic rings. The first-order valence-corrected chi connectivity index (χ1v) is 10.4. The predicted molar refractivity (Wildman–Crippen MR) is 111 cm³/mol. The van der Waals surface area contributed by atoms with E-state index in [4.69, 9.17) is 0 Å². The molecule has 0 unspecified atom stereocenters. The zero-order valence-corrected chi connectivity index (χ0v) is 17.2. The summed E-state index contributed by atoms with van der Waals surface area (Å²) in [5, 5.41) is 4.47. The van der Waals surface area contributed by atoms with Crippen LogP contribution in [0.3, 0.4) is 0 Å². The molecule has 0 amide bonds. The van der Waals surface area contributed by atoms with Crippen molar-refractivity contribution in [2.45, 2.75) is 11.8 Å². The van der Waals surface area contributed by atoms with E-state index in [2.05, 4.69) is 20.7 Å². The number of aliphatic imine (C=N–C) groups is 1. The largest absolute Gasteiger partial charge is 0.315 e. The van der Waals surface area contributed by atoms with Gasteiger partial charge < -0.3 is 5.32 Å². The fraction of sp³-hybridized carbons (Fsp3) is 0.200. The Morgan fingerprint density at radius 3 is 2.62 bits per heavy atom. The van der Waals surface area contributed by atoms with Gasteiger partial charge in [-0.1, -0.05) is 6.07 Å². The van der Waals surface area contributed by atoms with Crippen molar-refractivity contribution in [1.29, 1.82) is 0 Å². The number of halogens is 1. The van der Waals surface area contributed by atoms with Crippen molar-refractivity contribution in [1.82, 2.24) is 20.7 Å². The number of pyridine rings is 1. The molecular formula is C20H22FN5O2S. The van der Waals surface area contributed by atoms with Gasteiger partial charge >= 0.3 is 0 Å². The van der Waals surface area contributed by atoms with Gasteiger partial charge in [-0.15, -0.1) is 0 Å². The predicted octanol–water partition coefficient (Wildman–Crippen LogP) is 2.33.